The molecule has 2 aromatic rings. The average Bonchev–Trinajstić information content (AvgIpc) is 2.35. The third-order valence-electron chi connectivity index (χ3n) is 2.29. The first-order valence-corrected chi connectivity index (χ1v) is 6.03. The van der Waals surface area contributed by atoms with Gasteiger partial charge in [-0.2, -0.15) is 0 Å². The summed E-state index contributed by atoms with van der Waals surface area (Å²) in [5.41, 5.74) is 0. The van der Waals surface area contributed by atoms with Crippen LogP contribution in [0.15, 0.2) is 48.8 Å². The van der Waals surface area contributed by atoms with Crippen molar-refractivity contribution in [3.8, 4) is 5.75 Å². The molecule has 0 unspecified atom stereocenters. The Morgan fingerprint density at radius 2 is 1.76 bits per heavy atom. The fraction of sp³-hybridized carbons (Fsp3) is 0.154. The lowest BCUT2D eigenvalue weighted by Gasteiger charge is -2.05. The van der Waals surface area contributed by atoms with E-state index in [2.05, 4.69) is 4.57 Å². The summed E-state index contributed by atoms with van der Waals surface area (Å²) in [6, 6.07) is 11.2. The summed E-state index contributed by atoms with van der Waals surface area (Å²) >= 11 is 11.7. The molecule has 88 valence electrons. The second-order valence-electron chi connectivity index (χ2n) is 3.54. The number of hydrogen-bond donors (Lipinski definition) is 0. The van der Waals surface area contributed by atoms with E-state index in [-0.39, 0.29) is 0 Å². The molecule has 2 nitrogen and oxygen atoms in total. The van der Waals surface area contributed by atoms with E-state index >= 15 is 0 Å². The smallest absolute Gasteiger partial charge is 0.182 e. The molecule has 0 saturated carbocycles. The Morgan fingerprint density at radius 3 is 2.47 bits per heavy atom. The minimum atomic E-state index is 0.511. The molecule has 1 aromatic carbocycles. The predicted molar refractivity (Wildman–Crippen MR) is 68.6 cm³/mol. The summed E-state index contributed by atoms with van der Waals surface area (Å²) in [4.78, 5) is 0. The molecule has 1 aromatic heterocycles. The number of rotatable bonds is 4. The van der Waals surface area contributed by atoms with Gasteiger partial charge in [-0.1, -0.05) is 29.3 Å². The summed E-state index contributed by atoms with van der Waals surface area (Å²) in [7, 11) is 0. The molecule has 2 rings (SSSR count). The maximum atomic E-state index is 5.89. The van der Waals surface area contributed by atoms with E-state index in [1.54, 1.807) is 12.1 Å². The Kier molecular flexibility index (Phi) is 4.24. The van der Waals surface area contributed by atoms with Gasteiger partial charge < -0.3 is 4.74 Å². The minimum Gasteiger partial charge on any atom is -0.487 e. The zero-order chi connectivity index (χ0) is 12.1. The molecule has 0 bridgehead atoms. The van der Waals surface area contributed by atoms with Gasteiger partial charge in [0.05, 0.1) is 10.0 Å². The third kappa shape index (κ3) is 3.62. The van der Waals surface area contributed by atoms with Gasteiger partial charge in [0.2, 0.25) is 0 Å². The van der Waals surface area contributed by atoms with Crippen LogP contribution >= 0.6 is 23.2 Å². The second kappa shape index (κ2) is 5.89. The molecule has 0 fully saturated rings. The summed E-state index contributed by atoms with van der Waals surface area (Å²) < 4.78 is 7.63. The van der Waals surface area contributed by atoms with Crippen LogP contribution in [0.25, 0.3) is 0 Å². The van der Waals surface area contributed by atoms with Crippen molar-refractivity contribution in [2.24, 2.45) is 0 Å². The fourth-order valence-electron chi connectivity index (χ4n) is 1.42. The molecule has 0 amide bonds. The van der Waals surface area contributed by atoms with Gasteiger partial charge in [-0.05, 0) is 12.1 Å². The molecule has 17 heavy (non-hydrogen) atoms. The van der Waals surface area contributed by atoms with Crippen molar-refractivity contribution in [1.82, 2.24) is 0 Å². The van der Waals surface area contributed by atoms with Crippen LogP contribution in [0, 0.1) is 0 Å². The van der Waals surface area contributed by atoms with Crippen molar-refractivity contribution in [2.75, 3.05) is 6.61 Å². The van der Waals surface area contributed by atoms with Crippen LogP contribution in [-0.2, 0) is 6.54 Å². The molecule has 0 aliphatic heterocycles. The Morgan fingerprint density at radius 1 is 1.00 bits per heavy atom. The number of hydrogen-bond acceptors (Lipinski definition) is 1. The van der Waals surface area contributed by atoms with Gasteiger partial charge in [0, 0.05) is 18.2 Å². The second-order valence-corrected chi connectivity index (χ2v) is 4.35. The quantitative estimate of drug-likeness (QED) is 0.776. The highest BCUT2D eigenvalue weighted by Crippen LogP contribution is 2.26. The average molecular weight is 269 g/mol. The van der Waals surface area contributed by atoms with Gasteiger partial charge in [-0.3, -0.25) is 0 Å². The topological polar surface area (TPSA) is 13.1 Å². The van der Waals surface area contributed by atoms with Crippen molar-refractivity contribution < 1.29 is 9.30 Å². The van der Waals surface area contributed by atoms with Crippen LogP contribution in [-0.4, -0.2) is 6.61 Å². The van der Waals surface area contributed by atoms with E-state index in [9.17, 15) is 0 Å². The number of halogens is 2. The molecular formula is C13H12Cl2NO+. The SMILES string of the molecule is Clc1ccc(OCC[n+]2ccccc2)cc1Cl. The van der Waals surface area contributed by atoms with Gasteiger partial charge in [-0.15, -0.1) is 0 Å². The number of ether oxygens (including phenoxy) is 1. The first-order chi connectivity index (χ1) is 8.25. The van der Waals surface area contributed by atoms with Crippen LogP contribution in [0.2, 0.25) is 10.0 Å². The third-order valence-corrected chi connectivity index (χ3v) is 3.03. The van der Waals surface area contributed by atoms with Gasteiger partial charge in [-0.25, -0.2) is 4.57 Å². The Balaban J connectivity index is 1.88. The zero-order valence-corrected chi connectivity index (χ0v) is 10.7. The highest BCUT2D eigenvalue weighted by Gasteiger charge is 2.02. The van der Waals surface area contributed by atoms with Crippen LogP contribution < -0.4 is 9.30 Å². The molecule has 0 atom stereocenters. The van der Waals surface area contributed by atoms with Crippen molar-refractivity contribution in [3.63, 3.8) is 0 Å². The van der Waals surface area contributed by atoms with Crippen molar-refractivity contribution in [1.29, 1.82) is 0 Å². The highest BCUT2D eigenvalue weighted by molar-refractivity contribution is 6.42. The minimum absolute atomic E-state index is 0.511. The van der Waals surface area contributed by atoms with E-state index in [0.29, 0.717) is 16.7 Å². The summed E-state index contributed by atoms with van der Waals surface area (Å²) in [5, 5.41) is 1.05. The number of aromatic nitrogens is 1. The van der Waals surface area contributed by atoms with Gasteiger partial charge in [0.1, 0.15) is 12.4 Å². The standard InChI is InChI=1S/C13H12Cl2NO/c14-12-5-4-11(10-13(12)15)17-9-8-16-6-2-1-3-7-16/h1-7,10H,8-9H2/q+1. The summed E-state index contributed by atoms with van der Waals surface area (Å²) in [6.07, 6.45) is 4.00. The normalized spacial score (nSPS) is 10.2. The molecule has 0 saturated heterocycles. The Labute approximate surface area is 110 Å². The number of nitrogens with zero attached hydrogens (tertiary/aromatic N) is 1. The molecule has 0 N–H and O–H groups in total. The maximum Gasteiger partial charge on any atom is 0.182 e. The molecule has 1 heterocycles. The monoisotopic (exact) mass is 268 g/mol. The van der Waals surface area contributed by atoms with E-state index < -0.39 is 0 Å². The molecular weight excluding hydrogens is 257 g/mol. The lowest BCUT2D eigenvalue weighted by Crippen LogP contribution is -2.35. The van der Waals surface area contributed by atoms with E-state index in [0.717, 1.165) is 12.3 Å². The van der Waals surface area contributed by atoms with Crippen LogP contribution in [0.4, 0.5) is 0 Å². The number of pyridine rings is 1. The van der Waals surface area contributed by atoms with E-state index in [1.165, 1.54) is 0 Å². The fourth-order valence-corrected chi connectivity index (χ4v) is 1.71. The first-order valence-electron chi connectivity index (χ1n) is 5.27. The van der Waals surface area contributed by atoms with E-state index in [1.807, 2.05) is 36.7 Å². The molecule has 0 aliphatic rings. The van der Waals surface area contributed by atoms with Crippen LogP contribution in [0.3, 0.4) is 0 Å². The first kappa shape index (κ1) is 12.2. The van der Waals surface area contributed by atoms with Gasteiger partial charge >= 0.3 is 0 Å². The Bertz CT molecular complexity index is 488. The van der Waals surface area contributed by atoms with Gasteiger partial charge in [0.15, 0.2) is 18.9 Å². The van der Waals surface area contributed by atoms with Crippen molar-refractivity contribution >= 4 is 23.2 Å². The molecule has 0 aliphatic carbocycles. The number of benzene rings is 1. The lowest BCUT2D eigenvalue weighted by molar-refractivity contribution is -0.697. The highest BCUT2D eigenvalue weighted by atomic mass is 35.5. The summed E-state index contributed by atoms with van der Waals surface area (Å²) in [6.45, 7) is 1.38. The van der Waals surface area contributed by atoms with Crippen molar-refractivity contribution in [2.45, 2.75) is 6.54 Å². The maximum absolute atomic E-state index is 5.89. The Hall–Kier alpha value is -1.25. The largest absolute Gasteiger partial charge is 0.487 e. The van der Waals surface area contributed by atoms with Crippen LogP contribution in [0.1, 0.15) is 0 Å². The lowest BCUT2D eigenvalue weighted by atomic mass is 10.3. The van der Waals surface area contributed by atoms with Crippen LogP contribution in [0.5, 0.6) is 5.75 Å². The predicted octanol–water partition coefficient (Wildman–Crippen LogP) is 3.36. The molecule has 0 radical (unpaired) electrons. The molecule has 4 heteroatoms. The summed E-state index contributed by atoms with van der Waals surface area (Å²) in [5.74, 6) is 0.732. The van der Waals surface area contributed by atoms with Crippen molar-refractivity contribution in [3.05, 3.63) is 58.8 Å². The van der Waals surface area contributed by atoms with Gasteiger partial charge in [0.25, 0.3) is 0 Å². The molecule has 0 spiro atoms. The van der Waals surface area contributed by atoms with E-state index in [4.69, 9.17) is 27.9 Å². The zero-order valence-electron chi connectivity index (χ0n) is 9.14.